The first-order valence-corrected chi connectivity index (χ1v) is 8.31. The average molecular weight is 336 g/mol. The van der Waals surface area contributed by atoms with Gasteiger partial charge in [0.05, 0.1) is 14.2 Å². The Labute approximate surface area is 146 Å². The van der Waals surface area contributed by atoms with Gasteiger partial charge in [-0.2, -0.15) is 0 Å². The van der Waals surface area contributed by atoms with Gasteiger partial charge in [-0.15, -0.1) is 0 Å². The Morgan fingerprint density at radius 1 is 1.04 bits per heavy atom. The number of hydrogen-bond acceptors (Lipinski definition) is 3. The fourth-order valence-electron chi connectivity index (χ4n) is 3.56. The molecule has 5 nitrogen and oxygen atoms in total. The smallest absolute Gasteiger partial charge is 0.261 e. The van der Waals surface area contributed by atoms with Crippen LogP contribution in [0.25, 0.3) is 10.9 Å². The molecule has 0 saturated carbocycles. The lowest BCUT2D eigenvalue weighted by molar-refractivity contribution is 0.0728. The molecule has 0 unspecified atom stereocenters. The topological polar surface area (TPSA) is 54.6 Å². The summed E-state index contributed by atoms with van der Waals surface area (Å²) < 4.78 is 10.8. The molecule has 1 aliphatic rings. The first kappa shape index (κ1) is 15.6. The second-order valence-corrected chi connectivity index (χ2v) is 6.14. The number of H-pyrrole nitrogens is 1. The summed E-state index contributed by atoms with van der Waals surface area (Å²) in [5.74, 6) is 1.01. The second kappa shape index (κ2) is 6.16. The molecule has 0 saturated heterocycles. The minimum atomic E-state index is -0.0646. The molecule has 1 N–H and O–H groups in total. The van der Waals surface area contributed by atoms with Crippen molar-refractivity contribution in [1.29, 1.82) is 0 Å². The van der Waals surface area contributed by atoms with E-state index in [9.17, 15) is 4.79 Å². The number of aromatic amines is 1. The van der Waals surface area contributed by atoms with Crippen molar-refractivity contribution < 1.29 is 14.3 Å². The van der Waals surface area contributed by atoms with Crippen LogP contribution in [0.3, 0.4) is 0 Å². The fraction of sp³-hybridized carbons (Fsp3) is 0.250. The standard InChI is InChI=1S/C20H20N2O3/c1-24-17-8-5-9-18(25-2)19(17)20(23)22-11-10-16-14(12-22)13-6-3-4-7-15(13)21-16/h3-9,21H,10-12H2,1-2H3. The van der Waals surface area contributed by atoms with E-state index < -0.39 is 0 Å². The van der Waals surface area contributed by atoms with E-state index in [1.54, 1.807) is 26.4 Å². The lowest BCUT2D eigenvalue weighted by Gasteiger charge is -2.28. The van der Waals surface area contributed by atoms with E-state index >= 15 is 0 Å². The van der Waals surface area contributed by atoms with Crippen molar-refractivity contribution in [2.75, 3.05) is 20.8 Å². The highest BCUT2D eigenvalue weighted by atomic mass is 16.5. The number of ether oxygens (including phenoxy) is 2. The molecular formula is C20H20N2O3. The average Bonchev–Trinajstić information content (AvgIpc) is 3.04. The summed E-state index contributed by atoms with van der Waals surface area (Å²) in [7, 11) is 3.14. The van der Waals surface area contributed by atoms with Crippen LogP contribution in [0.2, 0.25) is 0 Å². The van der Waals surface area contributed by atoms with Crippen molar-refractivity contribution in [3.8, 4) is 11.5 Å². The Bertz CT molecular complexity index is 923. The molecule has 1 aliphatic heterocycles. The highest BCUT2D eigenvalue weighted by molar-refractivity contribution is 6.00. The Morgan fingerprint density at radius 3 is 2.48 bits per heavy atom. The number of aromatic nitrogens is 1. The van der Waals surface area contributed by atoms with E-state index in [0.29, 0.717) is 30.2 Å². The molecule has 0 aliphatic carbocycles. The van der Waals surface area contributed by atoms with Crippen LogP contribution >= 0.6 is 0 Å². The molecule has 128 valence electrons. The maximum Gasteiger partial charge on any atom is 0.261 e. The summed E-state index contributed by atoms with van der Waals surface area (Å²) in [5, 5.41) is 1.18. The van der Waals surface area contributed by atoms with E-state index in [0.717, 1.165) is 11.9 Å². The molecule has 1 aromatic heterocycles. The van der Waals surface area contributed by atoms with Crippen LogP contribution in [0.15, 0.2) is 42.5 Å². The number of para-hydroxylation sites is 1. The fourth-order valence-corrected chi connectivity index (χ4v) is 3.56. The van der Waals surface area contributed by atoms with Gasteiger partial charge in [0, 0.05) is 41.7 Å². The highest BCUT2D eigenvalue weighted by Crippen LogP contribution is 2.33. The molecule has 0 spiro atoms. The summed E-state index contributed by atoms with van der Waals surface area (Å²) in [6.07, 6.45) is 0.813. The minimum Gasteiger partial charge on any atom is -0.496 e. The third-order valence-electron chi connectivity index (χ3n) is 4.81. The van der Waals surface area contributed by atoms with Crippen molar-refractivity contribution in [1.82, 2.24) is 9.88 Å². The van der Waals surface area contributed by atoms with Crippen LogP contribution in [0.5, 0.6) is 11.5 Å². The number of rotatable bonds is 3. The van der Waals surface area contributed by atoms with E-state index in [1.165, 1.54) is 16.6 Å². The zero-order valence-corrected chi connectivity index (χ0v) is 14.3. The van der Waals surface area contributed by atoms with E-state index in [2.05, 4.69) is 17.1 Å². The van der Waals surface area contributed by atoms with Gasteiger partial charge in [-0.3, -0.25) is 4.79 Å². The van der Waals surface area contributed by atoms with Crippen LogP contribution in [0, 0.1) is 0 Å². The lowest BCUT2D eigenvalue weighted by Crippen LogP contribution is -2.36. The van der Waals surface area contributed by atoms with Crippen molar-refractivity contribution >= 4 is 16.8 Å². The normalized spacial score (nSPS) is 13.6. The van der Waals surface area contributed by atoms with Gasteiger partial charge in [0.1, 0.15) is 17.1 Å². The van der Waals surface area contributed by atoms with Gasteiger partial charge in [0.2, 0.25) is 0 Å². The molecule has 0 atom stereocenters. The molecule has 25 heavy (non-hydrogen) atoms. The minimum absolute atomic E-state index is 0.0646. The van der Waals surface area contributed by atoms with E-state index in [4.69, 9.17) is 9.47 Å². The Morgan fingerprint density at radius 2 is 1.76 bits per heavy atom. The molecule has 5 heteroatoms. The second-order valence-electron chi connectivity index (χ2n) is 6.14. The SMILES string of the molecule is COc1cccc(OC)c1C(=O)N1CCc2[nH]c3ccccc3c2C1. The van der Waals surface area contributed by atoms with Crippen LogP contribution in [0.1, 0.15) is 21.6 Å². The zero-order valence-electron chi connectivity index (χ0n) is 14.3. The first-order valence-electron chi connectivity index (χ1n) is 8.31. The molecule has 2 aromatic carbocycles. The molecule has 1 amide bonds. The van der Waals surface area contributed by atoms with Gasteiger partial charge < -0.3 is 19.4 Å². The van der Waals surface area contributed by atoms with Crippen LogP contribution in [0.4, 0.5) is 0 Å². The van der Waals surface area contributed by atoms with Crippen molar-refractivity contribution in [3.63, 3.8) is 0 Å². The molecule has 4 rings (SSSR count). The van der Waals surface area contributed by atoms with Gasteiger partial charge in [-0.25, -0.2) is 0 Å². The van der Waals surface area contributed by atoms with Crippen molar-refractivity contribution in [2.45, 2.75) is 13.0 Å². The number of methoxy groups -OCH3 is 2. The summed E-state index contributed by atoms with van der Waals surface area (Å²) >= 11 is 0. The lowest BCUT2D eigenvalue weighted by atomic mass is 10.0. The third kappa shape index (κ3) is 2.52. The first-order chi connectivity index (χ1) is 12.2. The van der Waals surface area contributed by atoms with Crippen molar-refractivity contribution in [2.24, 2.45) is 0 Å². The van der Waals surface area contributed by atoms with Crippen LogP contribution in [-0.2, 0) is 13.0 Å². The number of fused-ring (bicyclic) bond motifs is 3. The summed E-state index contributed by atoms with van der Waals surface area (Å²) in [5.41, 5.74) is 4.02. The monoisotopic (exact) mass is 336 g/mol. The molecule has 0 bridgehead atoms. The number of hydrogen-bond donors (Lipinski definition) is 1. The van der Waals surface area contributed by atoms with Crippen LogP contribution < -0.4 is 9.47 Å². The third-order valence-corrected chi connectivity index (χ3v) is 4.81. The number of carbonyl (C=O) groups is 1. The summed E-state index contributed by atoms with van der Waals surface area (Å²) in [6.45, 7) is 1.25. The molecule has 2 heterocycles. The Balaban J connectivity index is 1.71. The van der Waals surface area contributed by atoms with Gasteiger partial charge in [-0.1, -0.05) is 24.3 Å². The Kier molecular flexibility index (Phi) is 3.84. The van der Waals surface area contributed by atoms with Gasteiger partial charge in [0.15, 0.2) is 0 Å². The van der Waals surface area contributed by atoms with Gasteiger partial charge >= 0.3 is 0 Å². The molecular weight excluding hydrogens is 316 g/mol. The highest BCUT2D eigenvalue weighted by Gasteiger charge is 2.28. The van der Waals surface area contributed by atoms with Crippen LogP contribution in [-0.4, -0.2) is 36.6 Å². The summed E-state index contributed by atoms with van der Waals surface area (Å²) in [6, 6.07) is 13.6. The van der Waals surface area contributed by atoms with E-state index in [1.807, 2.05) is 23.1 Å². The summed E-state index contributed by atoms with van der Waals surface area (Å²) in [4.78, 5) is 18.5. The number of carbonyl (C=O) groups excluding carboxylic acids is 1. The number of amides is 1. The molecule has 0 fully saturated rings. The van der Waals surface area contributed by atoms with E-state index in [-0.39, 0.29) is 5.91 Å². The maximum absolute atomic E-state index is 13.2. The number of nitrogens with one attached hydrogen (secondary N) is 1. The van der Waals surface area contributed by atoms with Gasteiger partial charge in [0.25, 0.3) is 5.91 Å². The van der Waals surface area contributed by atoms with Crippen molar-refractivity contribution in [3.05, 3.63) is 59.3 Å². The molecule has 3 aromatic rings. The predicted octanol–water partition coefficient (Wildman–Crippen LogP) is 3.38. The Hall–Kier alpha value is -2.95. The largest absolute Gasteiger partial charge is 0.496 e. The quantitative estimate of drug-likeness (QED) is 0.798. The number of benzene rings is 2. The predicted molar refractivity (Wildman–Crippen MR) is 96.3 cm³/mol. The number of nitrogens with zero attached hydrogens (tertiary/aromatic N) is 1. The van der Waals surface area contributed by atoms with Gasteiger partial charge in [-0.05, 0) is 18.2 Å². The molecule has 0 radical (unpaired) electrons. The zero-order chi connectivity index (χ0) is 17.4. The maximum atomic E-state index is 13.2.